The zero-order chi connectivity index (χ0) is 15.4. The highest BCUT2D eigenvalue weighted by Crippen LogP contribution is 1.83. The number of hydrogen-bond acceptors (Lipinski definition) is 6. The van der Waals surface area contributed by atoms with Gasteiger partial charge in [0, 0.05) is 24.3 Å². The van der Waals surface area contributed by atoms with E-state index >= 15 is 0 Å². The number of carbonyl (C=O) groups excluding carboxylic acids is 2. The molecule has 0 aliphatic rings. The third kappa shape index (κ3) is 11.4. The molecule has 106 valence electrons. The molecule has 0 aromatic carbocycles. The van der Waals surface area contributed by atoms with Gasteiger partial charge in [-0.05, 0) is 0 Å². The van der Waals surface area contributed by atoms with E-state index in [0.717, 1.165) is 12.2 Å². The van der Waals surface area contributed by atoms with Crippen molar-refractivity contribution in [2.75, 3.05) is 13.2 Å². The monoisotopic (exact) mass is 282 g/mol. The zero-order valence-corrected chi connectivity index (χ0v) is 10.1. The van der Waals surface area contributed by atoms with Crippen LogP contribution in [0.3, 0.4) is 0 Å². The van der Waals surface area contributed by atoms with Crippen molar-refractivity contribution in [2.45, 2.75) is 0 Å². The molecule has 0 aliphatic carbocycles. The lowest BCUT2D eigenvalue weighted by Gasteiger charge is -1.94. The molecule has 0 aromatic heterocycles. The minimum Gasteiger partial charge on any atom is -0.478 e. The Bertz CT molecular complexity index is 459. The van der Waals surface area contributed by atoms with E-state index in [9.17, 15) is 19.2 Å². The van der Waals surface area contributed by atoms with Crippen LogP contribution in [-0.2, 0) is 28.7 Å². The average molecular weight is 282 g/mol. The number of esters is 2. The Morgan fingerprint density at radius 2 is 1.10 bits per heavy atom. The van der Waals surface area contributed by atoms with E-state index < -0.39 is 23.9 Å². The van der Waals surface area contributed by atoms with Crippen LogP contribution in [-0.4, -0.2) is 47.3 Å². The van der Waals surface area contributed by atoms with Crippen molar-refractivity contribution in [1.82, 2.24) is 0 Å². The van der Waals surface area contributed by atoms with Crippen LogP contribution in [0.5, 0.6) is 0 Å². The van der Waals surface area contributed by atoms with Crippen molar-refractivity contribution < 1.29 is 38.9 Å². The van der Waals surface area contributed by atoms with Crippen molar-refractivity contribution in [2.24, 2.45) is 0 Å². The summed E-state index contributed by atoms with van der Waals surface area (Å²) in [4.78, 5) is 41.8. The number of carbonyl (C=O) groups is 4. The molecular weight excluding hydrogens is 272 g/mol. The van der Waals surface area contributed by atoms with Gasteiger partial charge in [0.1, 0.15) is 0 Å². The quantitative estimate of drug-likeness (QED) is 0.374. The molecule has 0 fully saturated rings. The van der Waals surface area contributed by atoms with Crippen LogP contribution in [0.1, 0.15) is 0 Å². The molecule has 0 saturated heterocycles. The normalized spacial score (nSPS) is 9.80. The summed E-state index contributed by atoms with van der Waals surface area (Å²) in [6.45, 7) is -0.601. The Morgan fingerprint density at radius 3 is 1.40 bits per heavy atom. The van der Waals surface area contributed by atoms with Gasteiger partial charge in [0.2, 0.25) is 0 Å². The van der Waals surface area contributed by atoms with E-state index in [0.29, 0.717) is 12.2 Å². The third-order valence-corrected chi connectivity index (χ3v) is 1.42. The first-order chi connectivity index (χ1) is 9.41. The van der Waals surface area contributed by atoms with Gasteiger partial charge in [-0.1, -0.05) is 11.8 Å². The topological polar surface area (TPSA) is 127 Å². The summed E-state index contributed by atoms with van der Waals surface area (Å²) in [6, 6.07) is 0. The Labute approximate surface area is 113 Å². The average Bonchev–Trinajstić information content (AvgIpc) is 2.37. The van der Waals surface area contributed by atoms with Crippen molar-refractivity contribution >= 4 is 23.9 Å². The number of aliphatic carboxylic acids is 2. The molecule has 0 aromatic rings. The summed E-state index contributed by atoms with van der Waals surface area (Å²) in [6.07, 6.45) is 2.68. The van der Waals surface area contributed by atoms with E-state index in [1.165, 1.54) is 0 Å². The highest BCUT2D eigenvalue weighted by atomic mass is 16.5. The highest BCUT2D eigenvalue weighted by molar-refractivity contribution is 5.91. The first-order valence-corrected chi connectivity index (χ1v) is 5.03. The summed E-state index contributed by atoms with van der Waals surface area (Å²) >= 11 is 0. The summed E-state index contributed by atoms with van der Waals surface area (Å²) < 4.78 is 8.97. The molecule has 2 N–H and O–H groups in total. The van der Waals surface area contributed by atoms with Crippen LogP contribution in [0.15, 0.2) is 24.3 Å². The fourth-order valence-corrected chi connectivity index (χ4v) is 0.691. The number of rotatable bonds is 6. The van der Waals surface area contributed by atoms with Crippen LogP contribution in [0.2, 0.25) is 0 Å². The zero-order valence-electron chi connectivity index (χ0n) is 10.1. The van der Waals surface area contributed by atoms with E-state index in [4.69, 9.17) is 10.2 Å². The fraction of sp³-hybridized carbons (Fsp3) is 0.167. The molecule has 0 atom stereocenters. The van der Waals surface area contributed by atoms with Crippen molar-refractivity contribution in [1.29, 1.82) is 0 Å². The van der Waals surface area contributed by atoms with Gasteiger partial charge < -0.3 is 19.7 Å². The molecule has 8 nitrogen and oxygen atoms in total. The van der Waals surface area contributed by atoms with Crippen LogP contribution >= 0.6 is 0 Å². The van der Waals surface area contributed by atoms with Gasteiger partial charge in [-0.3, -0.25) is 0 Å². The summed E-state index contributed by atoms with van der Waals surface area (Å²) in [5.41, 5.74) is 0. The molecule has 0 bridgehead atoms. The van der Waals surface area contributed by atoms with Crippen molar-refractivity contribution in [3.8, 4) is 11.8 Å². The number of ether oxygens (including phenoxy) is 2. The van der Waals surface area contributed by atoms with Crippen molar-refractivity contribution in [3.63, 3.8) is 0 Å². The van der Waals surface area contributed by atoms with Crippen LogP contribution in [0.4, 0.5) is 0 Å². The van der Waals surface area contributed by atoms with Gasteiger partial charge in [0.25, 0.3) is 0 Å². The molecule has 8 heteroatoms. The third-order valence-electron chi connectivity index (χ3n) is 1.42. The Balaban J connectivity index is 3.84. The molecule has 0 aliphatic heterocycles. The fourth-order valence-electron chi connectivity index (χ4n) is 0.691. The number of hydrogen-bond donors (Lipinski definition) is 2. The second-order valence-electron chi connectivity index (χ2n) is 2.91. The van der Waals surface area contributed by atoms with Gasteiger partial charge in [-0.25, -0.2) is 19.2 Å². The van der Waals surface area contributed by atoms with Crippen molar-refractivity contribution in [3.05, 3.63) is 24.3 Å². The van der Waals surface area contributed by atoms with Crippen LogP contribution < -0.4 is 0 Å². The lowest BCUT2D eigenvalue weighted by Crippen LogP contribution is -2.03. The Kier molecular flexibility index (Phi) is 8.38. The van der Waals surface area contributed by atoms with E-state index in [1.54, 1.807) is 0 Å². The molecule has 0 rings (SSSR count). The summed E-state index contributed by atoms with van der Waals surface area (Å²) in [5.74, 6) is 0.354. The SMILES string of the molecule is O=C(O)/C=C\C(=O)OCC#CCOC(=O)/C=C\C(=O)O. The van der Waals surface area contributed by atoms with Crippen LogP contribution in [0.25, 0.3) is 0 Å². The Hall–Kier alpha value is -3.08. The molecule has 0 spiro atoms. The maximum absolute atomic E-state index is 10.8. The van der Waals surface area contributed by atoms with Gasteiger partial charge in [-0.15, -0.1) is 0 Å². The predicted molar refractivity (Wildman–Crippen MR) is 63.2 cm³/mol. The molecule has 0 unspecified atom stereocenters. The Morgan fingerprint density at radius 1 is 0.750 bits per heavy atom. The lowest BCUT2D eigenvalue weighted by atomic mass is 10.5. The highest BCUT2D eigenvalue weighted by Gasteiger charge is 1.97. The molecule has 20 heavy (non-hydrogen) atoms. The summed E-state index contributed by atoms with van der Waals surface area (Å²) in [7, 11) is 0. The van der Waals surface area contributed by atoms with Gasteiger partial charge in [-0.2, -0.15) is 0 Å². The van der Waals surface area contributed by atoms with Crippen LogP contribution in [0, 0.1) is 11.8 Å². The standard InChI is InChI=1S/C12H10O8/c13-9(14)3-5-11(17)19-7-1-2-8-20-12(18)6-4-10(15)16/h3-6H,7-8H2,(H,13,14)(H,15,16)/b5-3-,6-4-. The minimum atomic E-state index is -1.28. The predicted octanol–water partition coefficient (Wildman–Crippen LogP) is -0.642. The van der Waals surface area contributed by atoms with Gasteiger partial charge in [0.15, 0.2) is 13.2 Å². The maximum Gasteiger partial charge on any atom is 0.331 e. The minimum absolute atomic E-state index is 0.300. The first kappa shape index (κ1) is 16.9. The number of carboxylic acids is 2. The van der Waals surface area contributed by atoms with Gasteiger partial charge in [0.05, 0.1) is 0 Å². The maximum atomic E-state index is 10.8. The smallest absolute Gasteiger partial charge is 0.331 e. The first-order valence-electron chi connectivity index (χ1n) is 5.03. The van der Waals surface area contributed by atoms with E-state index in [2.05, 4.69) is 21.3 Å². The second-order valence-corrected chi connectivity index (χ2v) is 2.91. The molecule has 0 heterocycles. The molecule has 0 saturated carbocycles. The van der Waals surface area contributed by atoms with Gasteiger partial charge >= 0.3 is 23.9 Å². The second kappa shape index (κ2) is 9.90. The summed E-state index contributed by atoms with van der Waals surface area (Å²) in [5, 5.41) is 16.4. The van der Waals surface area contributed by atoms with E-state index in [1.807, 2.05) is 0 Å². The molecule has 0 amide bonds. The van der Waals surface area contributed by atoms with E-state index in [-0.39, 0.29) is 13.2 Å². The molecular formula is C12H10O8. The largest absolute Gasteiger partial charge is 0.478 e. The lowest BCUT2D eigenvalue weighted by molar-refractivity contribution is -0.138. The number of carboxylic acid groups (broad SMARTS) is 2. The molecule has 0 radical (unpaired) electrons.